The van der Waals surface area contributed by atoms with Gasteiger partial charge in [-0.25, -0.2) is 0 Å². The molecule has 140 valence electrons. The largest absolute Gasteiger partial charge is 0.391 e. The van der Waals surface area contributed by atoms with Crippen molar-refractivity contribution in [2.45, 2.75) is 45.3 Å². The summed E-state index contributed by atoms with van der Waals surface area (Å²) < 4.78 is 7.24. The van der Waals surface area contributed by atoms with E-state index in [2.05, 4.69) is 10.00 Å². The Kier molecular flexibility index (Phi) is 5.76. The number of rotatable bonds is 3. The normalized spacial score (nSPS) is 25.8. The number of aryl methyl sites for hydroxylation is 2. The molecular formula is C18H30N4O3. The standard InChI is InChI=1S/C18H30N4O3/c1-13-15(14(2)20(3)19-13)12-18(24)22-6-4-16(17(23)5-7-22)21-8-10-25-11-9-21/h16-17,23H,4-12H2,1-3H3/t16-,17-/m0/s1. The highest BCUT2D eigenvalue weighted by Crippen LogP contribution is 2.20. The smallest absolute Gasteiger partial charge is 0.227 e. The van der Waals surface area contributed by atoms with Crippen molar-refractivity contribution in [3.63, 3.8) is 0 Å². The van der Waals surface area contributed by atoms with E-state index < -0.39 is 0 Å². The molecule has 0 saturated carbocycles. The highest BCUT2D eigenvalue weighted by molar-refractivity contribution is 5.79. The van der Waals surface area contributed by atoms with Crippen molar-refractivity contribution in [1.29, 1.82) is 0 Å². The molecule has 7 heteroatoms. The number of carbonyl (C=O) groups excluding carboxylic acids is 1. The van der Waals surface area contributed by atoms with Gasteiger partial charge in [0.1, 0.15) is 0 Å². The Balaban J connectivity index is 1.62. The number of likely N-dealkylation sites (tertiary alicyclic amines) is 1. The van der Waals surface area contributed by atoms with Crippen molar-refractivity contribution < 1.29 is 14.6 Å². The molecule has 7 nitrogen and oxygen atoms in total. The van der Waals surface area contributed by atoms with Crippen LogP contribution in [0, 0.1) is 13.8 Å². The summed E-state index contributed by atoms with van der Waals surface area (Å²) in [6.07, 6.45) is 1.47. The minimum atomic E-state index is -0.377. The van der Waals surface area contributed by atoms with Gasteiger partial charge < -0.3 is 14.7 Å². The first-order valence-electron chi connectivity index (χ1n) is 9.24. The van der Waals surface area contributed by atoms with E-state index in [0.29, 0.717) is 25.9 Å². The van der Waals surface area contributed by atoms with Crippen LogP contribution in [0.4, 0.5) is 0 Å². The van der Waals surface area contributed by atoms with Crippen LogP contribution in [-0.2, 0) is 23.0 Å². The van der Waals surface area contributed by atoms with E-state index in [1.54, 1.807) is 0 Å². The van der Waals surface area contributed by atoms with Gasteiger partial charge in [-0.05, 0) is 26.7 Å². The molecule has 1 aromatic heterocycles. The number of amides is 1. The van der Waals surface area contributed by atoms with Gasteiger partial charge in [0, 0.05) is 50.5 Å². The molecule has 0 aromatic carbocycles. The van der Waals surface area contributed by atoms with E-state index in [9.17, 15) is 9.90 Å². The van der Waals surface area contributed by atoms with Crippen molar-refractivity contribution >= 4 is 5.91 Å². The van der Waals surface area contributed by atoms with Crippen LogP contribution in [0.25, 0.3) is 0 Å². The summed E-state index contributed by atoms with van der Waals surface area (Å²) in [5, 5.41) is 14.9. The Morgan fingerprint density at radius 1 is 1.20 bits per heavy atom. The molecule has 0 aliphatic carbocycles. The second-order valence-corrected chi connectivity index (χ2v) is 7.19. The molecule has 0 spiro atoms. The maximum Gasteiger partial charge on any atom is 0.227 e. The zero-order valence-corrected chi connectivity index (χ0v) is 15.6. The molecule has 0 radical (unpaired) electrons. The van der Waals surface area contributed by atoms with E-state index in [0.717, 1.165) is 49.7 Å². The summed E-state index contributed by atoms with van der Waals surface area (Å²) in [6.45, 7) is 8.47. The van der Waals surface area contributed by atoms with Gasteiger partial charge in [-0.3, -0.25) is 14.4 Å². The van der Waals surface area contributed by atoms with E-state index in [-0.39, 0.29) is 18.1 Å². The molecular weight excluding hydrogens is 320 g/mol. The summed E-state index contributed by atoms with van der Waals surface area (Å²) in [5.41, 5.74) is 3.00. The third-order valence-corrected chi connectivity index (χ3v) is 5.69. The third kappa shape index (κ3) is 4.04. The minimum Gasteiger partial charge on any atom is -0.391 e. The number of aliphatic hydroxyl groups is 1. The van der Waals surface area contributed by atoms with Crippen molar-refractivity contribution in [3.05, 3.63) is 17.0 Å². The number of morpholine rings is 1. The first kappa shape index (κ1) is 18.4. The number of nitrogens with zero attached hydrogens (tertiary/aromatic N) is 4. The van der Waals surface area contributed by atoms with Crippen molar-refractivity contribution in [3.8, 4) is 0 Å². The predicted octanol–water partition coefficient (Wildman–Crippen LogP) is 0.264. The van der Waals surface area contributed by atoms with E-state index in [4.69, 9.17) is 4.74 Å². The molecule has 2 saturated heterocycles. The molecule has 3 heterocycles. The zero-order chi connectivity index (χ0) is 18.0. The summed E-state index contributed by atoms with van der Waals surface area (Å²) in [6, 6.07) is 0.128. The molecule has 1 amide bonds. The second-order valence-electron chi connectivity index (χ2n) is 7.19. The highest BCUT2D eigenvalue weighted by Gasteiger charge is 2.32. The Hall–Kier alpha value is -1.44. The lowest BCUT2D eigenvalue weighted by atomic mass is 10.0. The van der Waals surface area contributed by atoms with Crippen LogP contribution >= 0.6 is 0 Å². The van der Waals surface area contributed by atoms with Crippen LogP contribution in [0.1, 0.15) is 29.8 Å². The summed E-state index contributed by atoms with van der Waals surface area (Å²) in [4.78, 5) is 17.0. The Labute approximate surface area is 149 Å². The maximum absolute atomic E-state index is 12.8. The van der Waals surface area contributed by atoms with Gasteiger partial charge in [-0.15, -0.1) is 0 Å². The average molecular weight is 350 g/mol. The minimum absolute atomic E-state index is 0.128. The summed E-state index contributed by atoms with van der Waals surface area (Å²) in [7, 11) is 1.91. The first-order chi connectivity index (χ1) is 12.0. The topological polar surface area (TPSA) is 70.8 Å². The van der Waals surface area contributed by atoms with E-state index in [1.807, 2.05) is 30.5 Å². The molecule has 0 unspecified atom stereocenters. The van der Waals surface area contributed by atoms with Crippen LogP contribution < -0.4 is 0 Å². The zero-order valence-electron chi connectivity index (χ0n) is 15.6. The quantitative estimate of drug-likeness (QED) is 0.847. The molecule has 2 fully saturated rings. The summed E-state index contributed by atoms with van der Waals surface area (Å²) >= 11 is 0. The van der Waals surface area contributed by atoms with Gasteiger partial charge in [-0.2, -0.15) is 5.10 Å². The van der Waals surface area contributed by atoms with Crippen molar-refractivity contribution in [2.24, 2.45) is 7.05 Å². The number of aliphatic hydroxyl groups excluding tert-OH is 1. The fourth-order valence-electron chi connectivity index (χ4n) is 3.99. The van der Waals surface area contributed by atoms with Crippen LogP contribution in [0.2, 0.25) is 0 Å². The van der Waals surface area contributed by atoms with Crippen LogP contribution in [-0.4, -0.2) is 82.1 Å². The second kappa shape index (κ2) is 7.85. The number of aromatic nitrogens is 2. The lowest BCUT2D eigenvalue weighted by Gasteiger charge is -2.36. The maximum atomic E-state index is 12.8. The van der Waals surface area contributed by atoms with Crippen molar-refractivity contribution in [2.75, 3.05) is 39.4 Å². The van der Waals surface area contributed by atoms with Gasteiger partial charge in [0.15, 0.2) is 0 Å². The molecule has 3 rings (SSSR count). The van der Waals surface area contributed by atoms with Gasteiger partial charge in [0.05, 0.1) is 31.4 Å². The lowest BCUT2D eigenvalue weighted by Crippen LogP contribution is -2.49. The lowest BCUT2D eigenvalue weighted by molar-refractivity contribution is -0.130. The Bertz CT molecular complexity index is 610. The Morgan fingerprint density at radius 3 is 2.52 bits per heavy atom. The third-order valence-electron chi connectivity index (χ3n) is 5.69. The molecule has 2 aliphatic heterocycles. The fourth-order valence-corrected chi connectivity index (χ4v) is 3.99. The number of ether oxygens (including phenoxy) is 1. The number of hydrogen-bond acceptors (Lipinski definition) is 5. The summed E-state index contributed by atoms with van der Waals surface area (Å²) in [5.74, 6) is 0.133. The Morgan fingerprint density at radius 2 is 1.88 bits per heavy atom. The van der Waals surface area contributed by atoms with Gasteiger partial charge in [-0.1, -0.05) is 0 Å². The van der Waals surface area contributed by atoms with E-state index >= 15 is 0 Å². The molecule has 1 N–H and O–H groups in total. The van der Waals surface area contributed by atoms with Crippen LogP contribution in [0.15, 0.2) is 0 Å². The SMILES string of the molecule is Cc1nn(C)c(C)c1CC(=O)N1CC[C@H](O)[C@@H](N2CCOCC2)CC1. The first-order valence-corrected chi connectivity index (χ1v) is 9.24. The van der Waals surface area contributed by atoms with Gasteiger partial charge >= 0.3 is 0 Å². The van der Waals surface area contributed by atoms with Gasteiger partial charge in [0.25, 0.3) is 0 Å². The van der Waals surface area contributed by atoms with Crippen molar-refractivity contribution in [1.82, 2.24) is 19.6 Å². The molecule has 2 aliphatic rings. The molecule has 25 heavy (non-hydrogen) atoms. The average Bonchev–Trinajstić information content (AvgIpc) is 2.77. The predicted molar refractivity (Wildman–Crippen MR) is 94.4 cm³/mol. The van der Waals surface area contributed by atoms with Gasteiger partial charge in [0.2, 0.25) is 5.91 Å². The monoisotopic (exact) mass is 350 g/mol. The molecule has 2 atom stereocenters. The van der Waals surface area contributed by atoms with Crippen LogP contribution in [0.5, 0.6) is 0 Å². The molecule has 1 aromatic rings. The highest BCUT2D eigenvalue weighted by atomic mass is 16.5. The number of carbonyl (C=O) groups is 1. The number of hydrogen-bond donors (Lipinski definition) is 1. The fraction of sp³-hybridized carbons (Fsp3) is 0.778. The van der Waals surface area contributed by atoms with Crippen LogP contribution in [0.3, 0.4) is 0 Å². The van der Waals surface area contributed by atoms with E-state index in [1.165, 1.54) is 0 Å². The molecule has 0 bridgehead atoms.